The molecule has 0 amide bonds. The molecule has 8 atom stereocenters. The molecule has 0 aliphatic heterocycles. The second kappa shape index (κ2) is 8.65. The summed E-state index contributed by atoms with van der Waals surface area (Å²) in [7, 11) is 0. The molecule has 0 heterocycles. The maximum absolute atomic E-state index is 13.9. The Kier molecular flexibility index (Phi) is 5.87. The molecule has 4 aliphatic rings. The predicted octanol–water partition coefficient (Wildman–Crippen LogP) is 5.76. The lowest BCUT2D eigenvalue weighted by Gasteiger charge is -2.59. The number of rotatable bonds is 4. The summed E-state index contributed by atoms with van der Waals surface area (Å²) >= 11 is 1.50. The van der Waals surface area contributed by atoms with Gasteiger partial charge in [0.05, 0.1) is 11.9 Å². The lowest BCUT2D eigenvalue weighted by Crippen LogP contribution is -2.62. The minimum Gasteiger partial charge on any atom is -0.393 e. The zero-order valence-corrected chi connectivity index (χ0v) is 22.6. The third kappa shape index (κ3) is 3.50. The van der Waals surface area contributed by atoms with Gasteiger partial charge in [0.2, 0.25) is 0 Å². The molecule has 2 N–H and O–H groups in total. The van der Waals surface area contributed by atoms with Gasteiger partial charge in [0, 0.05) is 21.6 Å². The summed E-state index contributed by atoms with van der Waals surface area (Å²) < 4.78 is 0. The van der Waals surface area contributed by atoms with E-state index in [1.54, 1.807) is 12.2 Å². The second-order valence-electron chi connectivity index (χ2n) is 12.3. The maximum Gasteiger partial charge on any atom is 0.178 e. The number of allylic oxidation sites excluding steroid dienone is 4. The van der Waals surface area contributed by atoms with Crippen LogP contribution in [0.2, 0.25) is 0 Å². The molecule has 0 aromatic heterocycles. The number of carbonyl (C=O) groups is 2. The van der Waals surface area contributed by atoms with Gasteiger partial charge in [-0.15, -0.1) is 11.8 Å². The first-order chi connectivity index (χ1) is 17.6. The Bertz CT molecular complexity index is 1340. The van der Waals surface area contributed by atoms with E-state index in [0.717, 1.165) is 40.5 Å². The fourth-order valence-electron chi connectivity index (χ4n) is 8.83. The number of thioether (sulfide) groups is 1. The number of aliphatic hydroxyl groups is 2. The molecule has 3 fully saturated rings. The van der Waals surface area contributed by atoms with Gasteiger partial charge in [-0.05, 0) is 72.4 Å². The zero-order valence-electron chi connectivity index (χ0n) is 21.8. The van der Waals surface area contributed by atoms with Crippen molar-refractivity contribution in [3.05, 3.63) is 66.3 Å². The average Bonchev–Trinajstić information content (AvgIpc) is 3.08. The Morgan fingerprint density at radius 3 is 2.70 bits per heavy atom. The van der Waals surface area contributed by atoms with E-state index in [4.69, 9.17) is 0 Å². The van der Waals surface area contributed by atoms with E-state index in [-0.39, 0.29) is 46.4 Å². The summed E-state index contributed by atoms with van der Waals surface area (Å²) in [5.74, 6) is 0.266. The number of benzene rings is 2. The molecule has 0 saturated heterocycles. The van der Waals surface area contributed by atoms with Crippen molar-refractivity contribution in [2.24, 2.45) is 34.5 Å². The first-order valence-electron chi connectivity index (χ1n) is 13.6. The van der Waals surface area contributed by atoms with Crippen molar-refractivity contribution in [3.8, 4) is 0 Å². The zero-order chi connectivity index (χ0) is 26.2. The van der Waals surface area contributed by atoms with Crippen LogP contribution < -0.4 is 0 Å². The van der Waals surface area contributed by atoms with E-state index >= 15 is 0 Å². The molecule has 5 unspecified atom stereocenters. The highest BCUT2D eigenvalue weighted by atomic mass is 32.2. The number of hydrogen-bond acceptors (Lipinski definition) is 5. The predicted molar refractivity (Wildman–Crippen MR) is 147 cm³/mol. The first-order valence-corrected chi connectivity index (χ1v) is 14.6. The fourth-order valence-corrected chi connectivity index (χ4v) is 9.85. The van der Waals surface area contributed by atoms with Gasteiger partial charge in [-0.1, -0.05) is 68.8 Å². The molecule has 0 spiro atoms. The highest BCUT2D eigenvalue weighted by Crippen LogP contribution is 2.68. The van der Waals surface area contributed by atoms with E-state index in [1.807, 2.05) is 37.3 Å². The van der Waals surface area contributed by atoms with E-state index in [1.165, 1.54) is 11.8 Å². The molecule has 4 aliphatic carbocycles. The molecular weight excluding hydrogens is 480 g/mol. The van der Waals surface area contributed by atoms with Crippen molar-refractivity contribution in [2.45, 2.75) is 63.1 Å². The van der Waals surface area contributed by atoms with Gasteiger partial charge in [-0.3, -0.25) is 9.59 Å². The summed E-state index contributed by atoms with van der Waals surface area (Å²) in [6, 6.07) is 14.3. The van der Waals surface area contributed by atoms with Gasteiger partial charge in [0.25, 0.3) is 0 Å². The van der Waals surface area contributed by atoms with E-state index in [9.17, 15) is 19.8 Å². The van der Waals surface area contributed by atoms with E-state index < -0.39 is 17.1 Å². The Labute approximate surface area is 223 Å². The number of carbonyl (C=O) groups excluding carboxylic acids is 2. The molecule has 2 aromatic carbocycles. The van der Waals surface area contributed by atoms with Gasteiger partial charge in [0.1, 0.15) is 5.60 Å². The Hall–Kier alpha value is -2.21. The minimum atomic E-state index is -1.48. The fraction of sp³-hybridized carbons (Fsp3) is 0.500. The number of ketones is 2. The molecule has 5 heteroatoms. The molecule has 6 rings (SSSR count). The smallest absolute Gasteiger partial charge is 0.178 e. The Morgan fingerprint density at radius 2 is 1.89 bits per heavy atom. The van der Waals surface area contributed by atoms with Crippen LogP contribution in [0.4, 0.5) is 0 Å². The normalized spacial score (nSPS) is 40.6. The third-order valence-corrected chi connectivity index (χ3v) is 11.7. The van der Waals surface area contributed by atoms with Gasteiger partial charge >= 0.3 is 0 Å². The maximum atomic E-state index is 13.9. The summed E-state index contributed by atoms with van der Waals surface area (Å²) in [5.41, 5.74) is -1.39. The SMILES string of the molecule is C[C@@H]1CC2C3CCC4=CC(=O)C=CC4(C)C3[C@@H](O)CC2(C)[C@@]1(O)C(=O)CSc1cccc2ccccc12. The van der Waals surface area contributed by atoms with Crippen LogP contribution in [0, 0.1) is 34.5 Å². The van der Waals surface area contributed by atoms with Crippen molar-refractivity contribution in [2.75, 3.05) is 5.75 Å². The minimum absolute atomic E-state index is 0.00960. The van der Waals surface area contributed by atoms with Crippen LogP contribution in [0.5, 0.6) is 0 Å². The molecule has 37 heavy (non-hydrogen) atoms. The highest BCUT2D eigenvalue weighted by Gasteiger charge is 2.70. The highest BCUT2D eigenvalue weighted by molar-refractivity contribution is 8.00. The standard InChI is InChI=1S/C32H36O4S/c1-19-15-25-24-12-11-21-16-22(33)13-14-30(21,2)29(24)26(34)17-31(25,3)32(19,36)28(35)18-37-27-10-6-8-20-7-4-5-9-23(20)27/h4-10,13-14,16,19,24-26,29,34,36H,11-12,15,17-18H2,1-3H3/t19-,24?,25?,26+,29?,30?,31?,32+/m1/s1. The Balaban J connectivity index is 1.29. The van der Waals surface area contributed by atoms with Crippen LogP contribution in [0.3, 0.4) is 0 Å². The topological polar surface area (TPSA) is 74.6 Å². The number of fused-ring (bicyclic) bond motifs is 6. The molecule has 2 aromatic rings. The van der Waals surface area contributed by atoms with E-state index in [0.29, 0.717) is 6.42 Å². The molecule has 0 bridgehead atoms. The van der Waals surface area contributed by atoms with Crippen molar-refractivity contribution in [1.82, 2.24) is 0 Å². The first kappa shape index (κ1) is 25.1. The number of Topliss-reactive ketones (excluding diaryl/α,β-unsaturated/α-hetero) is 1. The monoisotopic (exact) mass is 516 g/mol. The summed E-state index contributed by atoms with van der Waals surface area (Å²) in [6.07, 6.45) is 7.65. The quantitative estimate of drug-likeness (QED) is 0.506. The molecular formula is C32H36O4S. The van der Waals surface area contributed by atoms with Crippen molar-refractivity contribution < 1.29 is 19.8 Å². The van der Waals surface area contributed by atoms with Crippen LogP contribution in [0.1, 0.15) is 46.5 Å². The number of hydrogen-bond donors (Lipinski definition) is 2. The average molecular weight is 517 g/mol. The van der Waals surface area contributed by atoms with Gasteiger partial charge < -0.3 is 10.2 Å². The van der Waals surface area contributed by atoms with Crippen LogP contribution in [0.15, 0.2) is 71.2 Å². The molecule has 4 nitrogen and oxygen atoms in total. The molecule has 0 radical (unpaired) electrons. The van der Waals surface area contributed by atoms with Crippen molar-refractivity contribution in [3.63, 3.8) is 0 Å². The van der Waals surface area contributed by atoms with Gasteiger partial charge in [0.15, 0.2) is 11.6 Å². The van der Waals surface area contributed by atoms with Crippen molar-refractivity contribution >= 4 is 34.1 Å². The summed E-state index contributed by atoms with van der Waals surface area (Å²) in [5, 5.41) is 26.2. The van der Waals surface area contributed by atoms with Crippen LogP contribution in [-0.4, -0.2) is 39.2 Å². The lowest BCUT2D eigenvalue weighted by molar-refractivity contribution is -0.179. The van der Waals surface area contributed by atoms with Gasteiger partial charge in [-0.2, -0.15) is 0 Å². The van der Waals surface area contributed by atoms with E-state index in [2.05, 4.69) is 32.0 Å². The lowest BCUT2D eigenvalue weighted by atomic mass is 9.46. The van der Waals surface area contributed by atoms with Crippen molar-refractivity contribution in [1.29, 1.82) is 0 Å². The molecule has 3 saturated carbocycles. The van der Waals surface area contributed by atoms with Crippen LogP contribution in [0.25, 0.3) is 10.8 Å². The summed E-state index contributed by atoms with van der Waals surface area (Å²) in [4.78, 5) is 27.1. The number of aliphatic hydroxyl groups excluding tert-OH is 1. The molecule has 194 valence electrons. The van der Waals surface area contributed by atoms with Crippen LogP contribution >= 0.6 is 11.8 Å². The largest absolute Gasteiger partial charge is 0.393 e. The van der Waals surface area contributed by atoms with Gasteiger partial charge in [-0.25, -0.2) is 0 Å². The summed E-state index contributed by atoms with van der Waals surface area (Å²) in [6.45, 7) is 6.22. The van der Waals surface area contributed by atoms with Crippen LogP contribution in [-0.2, 0) is 9.59 Å². The second-order valence-corrected chi connectivity index (χ2v) is 13.3. The Morgan fingerprint density at radius 1 is 1.14 bits per heavy atom. The third-order valence-electron chi connectivity index (χ3n) is 10.6.